The highest BCUT2D eigenvalue weighted by Gasteiger charge is 2.25. The van der Waals surface area contributed by atoms with Crippen LogP contribution in [0.15, 0.2) is 52.2 Å². The minimum Gasteiger partial charge on any atom is -0.490 e. The van der Waals surface area contributed by atoms with Crippen molar-refractivity contribution in [1.82, 2.24) is 35.6 Å². The Morgan fingerprint density at radius 3 is 2.65 bits per heavy atom. The van der Waals surface area contributed by atoms with Crippen molar-refractivity contribution in [3.05, 3.63) is 70.5 Å². The van der Waals surface area contributed by atoms with E-state index in [1.807, 2.05) is 58.0 Å². The van der Waals surface area contributed by atoms with Gasteiger partial charge in [0.15, 0.2) is 17.2 Å². The highest BCUT2D eigenvalue weighted by molar-refractivity contribution is 5.95. The summed E-state index contributed by atoms with van der Waals surface area (Å²) in [7, 11) is 0. The number of anilines is 1. The first-order valence-corrected chi connectivity index (χ1v) is 13.0. The molecular weight excluding hydrogens is 514 g/mol. The van der Waals surface area contributed by atoms with Gasteiger partial charge in [-0.3, -0.25) is 9.69 Å². The van der Waals surface area contributed by atoms with Crippen molar-refractivity contribution in [3.63, 3.8) is 0 Å². The van der Waals surface area contributed by atoms with Crippen LogP contribution in [0.5, 0.6) is 11.5 Å². The maximum absolute atomic E-state index is 13.3. The molecule has 0 aliphatic rings. The number of aromatic nitrogens is 5. The molecule has 13 heteroatoms. The summed E-state index contributed by atoms with van der Waals surface area (Å²) in [6, 6.07) is 13.6. The third-order valence-corrected chi connectivity index (χ3v) is 6.04. The molecule has 0 radical (unpaired) electrons. The molecule has 0 saturated carbocycles. The Labute approximate surface area is 231 Å². The molecule has 0 spiro atoms. The maximum Gasteiger partial charge on any atom is 0.292 e. The molecule has 0 bridgehead atoms. The van der Waals surface area contributed by atoms with E-state index in [0.717, 1.165) is 18.7 Å². The molecule has 4 rings (SSSR count). The Balaban J connectivity index is 1.51. The average molecular weight is 548 g/mol. The Hall–Kier alpha value is -4.78. The lowest BCUT2D eigenvalue weighted by Crippen LogP contribution is -2.27. The summed E-state index contributed by atoms with van der Waals surface area (Å²) in [4.78, 5) is 15.4. The molecule has 0 saturated heterocycles. The van der Waals surface area contributed by atoms with Crippen molar-refractivity contribution in [3.8, 4) is 17.3 Å². The monoisotopic (exact) mass is 547 g/mol. The first-order valence-electron chi connectivity index (χ1n) is 13.0. The van der Waals surface area contributed by atoms with Crippen LogP contribution < -0.4 is 20.6 Å². The van der Waals surface area contributed by atoms with Crippen molar-refractivity contribution < 1.29 is 18.9 Å². The van der Waals surface area contributed by atoms with Gasteiger partial charge in [0.05, 0.1) is 12.8 Å². The van der Waals surface area contributed by atoms with Crippen LogP contribution in [0, 0.1) is 6.92 Å². The predicted molar refractivity (Wildman–Crippen MR) is 148 cm³/mol. The molecule has 0 unspecified atom stereocenters. The molecule has 210 valence electrons. The Morgan fingerprint density at radius 2 is 1.95 bits per heavy atom. The van der Waals surface area contributed by atoms with Gasteiger partial charge < -0.3 is 15.2 Å². The summed E-state index contributed by atoms with van der Waals surface area (Å²) in [5.74, 6) is 0.677. The van der Waals surface area contributed by atoms with Crippen LogP contribution >= 0.6 is 0 Å². The van der Waals surface area contributed by atoms with Gasteiger partial charge in [0.2, 0.25) is 11.6 Å². The van der Waals surface area contributed by atoms with E-state index < -0.39 is 5.91 Å². The molecule has 4 aromatic rings. The quantitative estimate of drug-likeness (QED) is 0.188. The van der Waals surface area contributed by atoms with E-state index in [2.05, 4.69) is 46.7 Å². The maximum atomic E-state index is 13.3. The number of ether oxygens (including phenoxy) is 2. The van der Waals surface area contributed by atoms with Crippen LogP contribution in [-0.2, 0) is 13.2 Å². The number of hydrogen-bond donors (Lipinski definition) is 2. The van der Waals surface area contributed by atoms with E-state index in [9.17, 15) is 4.79 Å². The number of nitrogens with one attached hydrogen (secondary N) is 1. The number of nitrogen functional groups attached to an aromatic ring is 1. The van der Waals surface area contributed by atoms with Gasteiger partial charge in [0.1, 0.15) is 12.3 Å². The van der Waals surface area contributed by atoms with Gasteiger partial charge in [0.25, 0.3) is 5.91 Å². The van der Waals surface area contributed by atoms with E-state index in [1.165, 1.54) is 16.5 Å². The number of rotatable bonds is 13. The molecule has 1 amide bonds. The number of benzene rings is 2. The lowest BCUT2D eigenvalue weighted by Gasteiger charge is -2.16. The zero-order valence-corrected chi connectivity index (χ0v) is 23.0. The standard InChI is InChI=1S/C27H33N9O4/c1-5-35(6-2)16-21-24(36(34-30-21)26-25(28)32-40-33-26)27(37)31-29-15-19-11-12-22(23(14-19)38-7-3)39-17-20-10-8-9-18(4)13-20/h8-15H,5-7,16-17H2,1-4H3,(H2,28,32)(H,31,37)/b29-15+. The number of hydrogen-bond acceptors (Lipinski definition) is 11. The van der Waals surface area contributed by atoms with E-state index in [1.54, 1.807) is 6.07 Å². The molecular formula is C27H33N9O4. The first kappa shape index (κ1) is 28.2. The van der Waals surface area contributed by atoms with E-state index in [4.69, 9.17) is 15.2 Å². The Morgan fingerprint density at radius 1 is 1.12 bits per heavy atom. The Kier molecular flexibility index (Phi) is 9.41. The largest absolute Gasteiger partial charge is 0.490 e. The van der Waals surface area contributed by atoms with Crippen LogP contribution in [0.1, 0.15) is 53.6 Å². The Bertz CT molecular complexity index is 1460. The minimum absolute atomic E-state index is 0.0231. The molecule has 40 heavy (non-hydrogen) atoms. The second-order valence-corrected chi connectivity index (χ2v) is 8.85. The van der Waals surface area contributed by atoms with Crippen LogP contribution in [0.3, 0.4) is 0 Å². The second kappa shape index (κ2) is 13.3. The van der Waals surface area contributed by atoms with E-state index >= 15 is 0 Å². The van der Waals surface area contributed by atoms with Crippen molar-refractivity contribution in [2.75, 3.05) is 25.4 Å². The van der Waals surface area contributed by atoms with Crippen molar-refractivity contribution >= 4 is 17.9 Å². The van der Waals surface area contributed by atoms with Gasteiger partial charge in [-0.15, -0.1) is 5.10 Å². The lowest BCUT2D eigenvalue weighted by molar-refractivity contribution is 0.0945. The summed E-state index contributed by atoms with van der Waals surface area (Å²) in [6.07, 6.45) is 1.51. The minimum atomic E-state index is -0.547. The van der Waals surface area contributed by atoms with Crippen molar-refractivity contribution in [2.24, 2.45) is 5.10 Å². The third-order valence-electron chi connectivity index (χ3n) is 6.04. The van der Waals surface area contributed by atoms with Crippen LogP contribution in [0.2, 0.25) is 0 Å². The van der Waals surface area contributed by atoms with Gasteiger partial charge in [-0.25, -0.2) is 10.1 Å². The molecule has 2 aromatic heterocycles. The highest BCUT2D eigenvalue weighted by Crippen LogP contribution is 2.29. The van der Waals surface area contributed by atoms with Crippen molar-refractivity contribution in [2.45, 2.75) is 40.8 Å². The highest BCUT2D eigenvalue weighted by atomic mass is 16.6. The summed E-state index contributed by atoms with van der Waals surface area (Å²) in [6.45, 7) is 10.8. The molecule has 2 heterocycles. The number of carbonyl (C=O) groups excluding carboxylic acids is 1. The lowest BCUT2D eigenvalue weighted by atomic mass is 10.1. The predicted octanol–water partition coefficient (Wildman–Crippen LogP) is 3.12. The first-order chi connectivity index (χ1) is 19.4. The molecule has 0 aliphatic carbocycles. The van der Waals surface area contributed by atoms with E-state index in [-0.39, 0.29) is 17.3 Å². The number of aryl methyl sites for hydroxylation is 1. The fourth-order valence-corrected chi connectivity index (χ4v) is 3.97. The van der Waals surface area contributed by atoms with E-state index in [0.29, 0.717) is 42.5 Å². The smallest absolute Gasteiger partial charge is 0.292 e. The van der Waals surface area contributed by atoms with Crippen LogP contribution in [0.25, 0.3) is 5.82 Å². The number of nitrogens with zero attached hydrogens (tertiary/aromatic N) is 7. The van der Waals surface area contributed by atoms with Crippen molar-refractivity contribution in [1.29, 1.82) is 0 Å². The zero-order chi connectivity index (χ0) is 28.5. The molecule has 0 atom stereocenters. The number of carbonyl (C=O) groups is 1. The second-order valence-electron chi connectivity index (χ2n) is 8.85. The third kappa shape index (κ3) is 6.80. The molecule has 3 N–H and O–H groups in total. The summed E-state index contributed by atoms with van der Waals surface area (Å²) in [5.41, 5.74) is 11.9. The number of hydrazone groups is 1. The fourth-order valence-electron chi connectivity index (χ4n) is 3.97. The topological polar surface area (TPSA) is 159 Å². The summed E-state index contributed by atoms with van der Waals surface area (Å²) >= 11 is 0. The van der Waals surface area contributed by atoms with Gasteiger partial charge in [-0.1, -0.05) is 48.9 Å². The normalized spacial score (nSPS) is 11.3. The van der Waals surface area contributed by atoms with Gasteiger partial charge in [-0.05, 0) is 66.6 Å². The SMILES string of the molecule is CCOc1cc(/C=N/NC(=O)c2c(CN(CC)CC)nnn2-c2nonc2N)ccc1OCc1cccc(C)c1. The van der Waals surface area contributed by atoms with Gasteiger partial charge >= 0.3 is 0 Å². The zero-order valence-electron chi connectivity index (χ0n) is 23.0. The molecule has 0 aliphatic heterocycles. The fraction of sp³-hybridized carbons (Fsp3) is 0.333. The summed E-state index contributed by atoms with van der Waals surface area (Å²) < 4.78 is 17.7. The molecule has 13 nitrogen and oxygen atoms in total. The van der Waals surface area contributed by atoms with Gasteiger partial charge in [-0.2, -0.15) is 9.78 Å². The van der Waals surface area contributed by atoms with Gasteiger partial charge in [0, 0.05) is 6.54 Å². The van der Waals surface area contributed by atoms with Crippen LogP contribution in [-0.4, -0.2) is 62.0 Å². The average Bonchev–Trinajstić information content (AvgIpc) is 3.56. The van der Waals surface area contributed by atoms with Crippen LogP contribution in [0.4, 0.5) is 5.82 Å². The molecule has 0 fully saturated rings. The summed E-state index contributed by atoms with van der Waals surface area (Å²) in [5, 5.41) is 19.7. The molecule has 2 aromatic carbocycles. The number of amides is 1. The number of nitrogens with two attached hydrogens (primary N) is 1.